The Labute approximate surface area is 181 Å². The van der Waals surface area contributed by atoms with E-state index in [0.717, 1.165) is 7.11 Å². The van der Waals surface area contributed by atoms with E-state index in [-0.39, 0.29) is 39.1 Å². The standard InChI is InChI=1S/C21H26N2O7S/c1-12-6-5-7-16(20(25)23-10-8-15(24)9-11-23)18(12)22-31(27,28)19-14(3)30-13(2)17(19)21(26)29-4/h5-7,15,22,24H,8-11H2,1-4H3. The number of sulfonamides is 1. The lowest BCUT2D eigenvalue weighted by Crippen LogP contribution is -2.40. The number of carbonyl (C=O) groups is 2. The van der Waals surface area contributed by atoms with Crippen LogP contribution in [0.15, 0.2) is 27.5 Å². The molecule has 0 radical (unpaired) electrons. The largest absolute Gasteiger partial charge is 0.465 e. The smallest absolute Gasteiger partial charge is 0.342 e. The Balaban J connectivity index is 2.02. The van der Waals surface area contributed by atoms with Crippen molar-refractivity contribution in [2.75, 3.05) is 24.9 Å². The van der Waals surface area contributed by atoms with Gasteiger partial charge in [0.05, 0.1) is 24.5 Å². The molecule has 3 rings (SSSR count). The minimum atomic E-state index is -4.28. The van der Waals surface area contributed by atoms with Crippen LogP contribution in [0.2, 0.25) is 0 Å². The molecule has 0 atom stereocenters. The minimum absolute atomic E-state index is 0.0388. The third kappa shape index (κ3) is 4.45. The molecule has 1 aromatic heterocycles. The molecular weight excluding hydrogens is 424 g/mol. The first-order chi connectivity index (χ1) is 14.6. The average molecular weight is 451 g/mol. The third-order valence-corrected chi connectivity index (χ3v) is 6.86. The highest BCUT2D eigenvalue weighted by atomic mass is 32.2. The quantitative estimate of drug-likeness (QED) is 0.670. The number of nitrogens with zero attached hydrogens (tertiary/aromatic N) is 1. The molecule has 168 valence electrons. The Hall–Kier alpha value is -2.85. The highest BCUT2D eigenvalue weighted by molar-refractivity contribution is 7.92. The summed E-state index contributed by atoms with van der Waals surface area (Å²) in [4.78, 5) is 26.6. The van der Waals surface area contributed by atoms with Crippen molar-refractivity contribution in [1.29, 1.82) is 0 Å². The number of likely N-dealkylation sites (tertiary alicyclic amines) is 1. The van der Waals surface area contributed by atoms with Crippen molar-refractivity contribution in [3.05, 3.63) is 46.4 Å². The van der Waals surface area contributed by atoms with Gasteiger partial charge in [0.25, 0.3) is 15.9 Å². The fourth-order valence-electron chi connectivity index (χ4n) is 3.73. The lowest BCUT2D eigenvalue weighted by atomic mass is 10.0. The fraction of sp³-hybridized carbons (Fsp3) is 0.429. The number of rotatable bonds is 5. The van der Waals surface area contributed by atoms with Crippen molar-refractivity contribution in [3.8, 4) is 0 Å². The number of furan rings is 1. The Morgan fingerprint density at radius 3 is 2.42 bits per heavy atom. The number of carbonyl (C=O) groups excluding carboxylic acids is 2. The SMILES string of the molecule is COC(=O)c1c(C)oc(C)c1S(=O)(=O)Nc1c(C)cccc1C(=O)N1CCC(O)CC1. The van der Waals surface area contributed by atoms with Crippen molar-refractivity contribution in [3.63, 3.8) is 0 Å². The molecule has 9 nitrogen and oxygen atoms in total. The van der Waals surface area contributed by atoms with E-state index in [0.29, 0.717) is 31.5 Å². The molecule has 2 aromatic rings. The molecule has 1 aliphatic rings. The summed E-state index contributed by atoms with van der Waals surface area (Å²) in [6, 6.07) is 4.91. The molecule has 10 heteroatoms. The second-order valence-corrected chi connectivity index (χ2v) is 9.16. The van der Waals surface area contributed by atoms with Crippen molar-refractivity contribution in [2.24, 2.45) is 0 Å². The highest BCUT2D eigenvalue weighted by Crippen LogP contribution is 2.31. The summed E-state index contributed by atoms with van der Waals surface area (Å²) in [7, 11) is -3.13. The Morgan fingerprint density at radius 2 is 1.81 bits per heavy atom. The first-order valence-electron chi connectivity index (χ1n) is 9.85. The highest BCUT2D eigenvalue weighted by Gasteiger charge is 2.33. The lowest BCUT2D eigenvalue weighted by Gasteiger charge is -2.30. The molecule has 1 fully saturated rings. The van der Waals surface area contributed by atoms with Gasteiger partial charge in [-0.1, -0.05) is 12.1 Å². The van der Waals surface area contributed by atoms with E-state index in [4.69, 9.17) is 9.15 Å². The number of amides is 1. The Kier molecular flexibility index (Phi) is 6.42. The van der Waals surface area contributed by atoms with Crippen LogP contribution >= 0.6 is 0 Å². The summed E-state index contributed by atoms with van der Waals surface area (Å²) in [5.74, 6) is -1.00. The summed E-state index contributed by atoms with van der Waals surface area (Å²) < 4.78 is 39.2. The number of nitrogens with one attached hydrogen (secondary N) is 1. The molecule has 0 bridgehead atoms. The van der Waals surface area contributed by atoms with Gasteiger partial charge in [0.1, 0.15) is 22.0 Å². The average Bonchev–Trinajstić information content (AvgIpc) is 3.03. The van der Waals surface area contributed by atoms with E-state index in [9.17, 15) is 23.1 Å². The van der Waals surface area contributed by atoms with Crippen molar-refractivity contribution >= 4 is 27.6 Å². The molecule has 1 amide bonds. The molecule has 2 N–H and O–H groups in total. The maximum Gasteiger partial charge on any atom is 0.342 e. The summed E-state index contributed by atoms with van der Waals surface area (Å²) in [5.41, 5.74) is 0.688. The van der Waals surface area contributed by atoms with Gasteiger partial charge >= 0.3 is 5.97 Å². The summed E-state index contributed by atoms with van der Waals surface area (Å²) >= 11 is 0. The van der Waals surface area contributed by atoms with Crippen LogP contribution in [-0.4, -0.2) is 56.6 Å². The van der Waals surface area contributed by atoms with Gasteiger partial charge in [0.15, 0.2) is 0 Å². The number of piperidine rings is 1. The number of hydrogen-bond acceptors (Lipinski definition) is 7. The number of aliphatic hydroxyl groups is 1. The normalized spacial score (nSPS) is 15.1. The molecule has 31 heavy (non-hydrogen) atoms. The molecule has 0 aliphatic carbocycles. The van der Waals surface area contributed by atoms with Crippen LogP contribution in [0, 0.1) is 20.8 Å². The Bertz CT molecular complexity index is 1110. The number of para-hydroxylation sites is 1. The summed E-state index contributed by atoms with van der Waals surface area (Å²) in [5, 5.41) is 9.70. The number of methoxy groups -OCH3 is 1. The van der Waals surface area contributed by atoms with Gasteiger partial charge in [0.2, 0.25) is 0 Å². The molecule has 0 saturated carbocycles. The van der Waals surface area contributed by atoms with Crippen molar-refractivity contribution in [2.45, 2.75) is 44.6 Å². The van der Waals surface area contributed by atoms with Crippen LogP contribution in [0.25, 0.3) is 0 Å². The van der Waals surface area contributed by atoms with Crippen LogP contribution in [0.5, 0.6) is 0 Å². The van der Waals surface area contributed by atoms with Crippen LogP contribution in [0.1, 0.15) is 50.6 Å². The molecule has 2 heterocycles. The summed E-state index contributed by atoms with van der Waals surface area (Å²) in [6.45, 7) is 5.37. The number of aryl methyl sites for hydroxylation is 3. The number of esters is 1. The zero-order valence-electron chi connectivity index (χ0n) is 17.9. The van der Waals surface area contributed by atoms with E-state index in [1.807, 2.05) is 0 Å². The lowest BCUT2D eigenvalue weighted by molar-refractivity contribution is 0.0545. The van der Waals surface area contributed by atoms with E-state index in [2.05, 4.69) is 4.72 Å². The number of hydrogen-bond donors (Lipinski definition) is 2. The Morgan fingerprint density at radius 1 is 1.16 bits per heavy atom. The summed E-state index contributed by atoms with van der Waals surface area (Å²) in [6.07, 6.45) is 0.493. The zero-order valence-corrected chi connectivity index (χ0v) is 18.7. The topological polar surface area (TPSA) is 126 Å². The van der Waals surface area contributed by atoms with E-state index in [1.165, 1.54) is 13.8 Å². The fourth-order valence-corrected chi connectivity index (χ4v) is 5.29. The first kappa shape index (κ1) is 22.8. The first-order valence-corrected chi connectivity index (χ1v) is 11.3. The van der Waals surface area contributed by atoms with Crippen molar-refractivity contribution in [1.82, 2.24) is 4.90 Å². The van der Waals surface area contributed by atoms with Gasteiger partial charge in [-0.15, -0.1) is 0 Å². The zero-order chi connectivity index (χ0) is 22.9. The van der Waals surface area contributed by atoms with Gasteiger partial charge < -0.3 is 19.2 Å². The second kappa shape index (κ2) is 8.72. The van der Waals surface area contributed by atoms with Crippen LogP contribution < -0.4 is 4.72 Å². The molecule has 0 unspecified atom stereocenters. The van der Waals surface area contributed by atoms with E-state index >= 15 is 0 Å². The molecule has 0 spiro atoms. The number of benzene rings is 1. The maximum atomic E-state index is 13.3. The molecular formula is C21H26N2O7S. The van der Waals surface area contributed by atoms with Crippen LogP contribution in [0.3, 0.4) is 0 Å². The predicted octanol–water partition coefficient (Wildman–Crippen LogP) is 2.39. The predicted molar refractivity (Wildman–Crippen MR) is 113 cm³/mol. The van der Waals surface area contributed by atoms with Crippen molar-refractivity contribution < 1.29 is 32.3 Å². The third-order valence-electron chi connectivity index (χ3n) is 5.35. The van der Waals surface area contributed by atoms with E-state index < -0.39 is 22.1 Å². The van der Waals surface area contributed by atoms with Crippen LogP contribution in [0.4, 0.5) is 5.69 Å². The van der Waals surface area contributed by atoms with Gasteiger partial charge in [-0.25, -0.2) is 13.2 Å². The second-order valence-electron chi connectivity index (χ2n) is 7.54. The molecule has 1 aromatic carbocycles. The minimum Gasteiger partial charge on any atom is -0.465 e. The monoisotopic (exact) mass is 450 g/mol. The van der Waals surface area contributed by atoms with Crippen LogP contribution in [-0.2, 0) is 14.8 Å². The van der Waals surface area contributed by atoms with Gasteiger partial charge in [-0.05, 0) is 45.2 Å². The molecule has 1 saturated heterocycles. The number of aliphatic hydroxyl groups excluding tert-OH is 1. The van der Waals surface area contributed by atoms with Gasteiger partial charge in [-0.2, -0.15) is 0 Å². The molecule has 1 aliphatic heterocycles. The number of anilines is 1. The van der Waals surface area contributed by atoms with Gasteiger partial charge in [0, 0.05) is 13.1 Å². The van der Waals surface area contributed by atoms with Gasteiger partial charge in [-0.3, -0.25) is 9.52 Å². The van der Waals surface area contributed by atoms with E-state index in [1.54, 1.807) is 30.0 Å². The maximum absolute atomic E-state index is 13.3. The number of ether oxygens (including phenoxy) is 1.